The second kappa shape index (κ2) is 9.27. The number of hydrogen-bond acceptors (Lipinski definition) is 4. The van der Waals surface area contributed by atoms with E-state index in [0.29, 0.717) is 19.1 Å². The van der Waals surface area contributed by atoms with Gasteiger partial charge in [0.15, 0.2) is 0 Å². The number of thioether (sulfide) groups is 1. The molecule has 0 spiro atoms. The van der Waals surface area contributed by atoms with Gasteiger partial charge >= 0.3 is 0 Å². The summed E-state index contributed by atoms with van der Waals surface area (Å²) in [4.78, 5) is 0. The summed E-state index contributed by atoms with van der Waals surface area (Å²) in [7, 11) is -3.08. The number of hydrogen-bond donors (Lipinski definition) is 2. The van der Waals surface area contributed by atoms with Crippen molar-refractivity contribution in [1.82, 2.24) is 10.0 Å². The predicted octanol–water partition coefficient (Wildman–Crippen LogP) is 1.05. The van der Waals surface area contributed by atoms with Gasteiger partial charge in [-0.3, -0.25) is 0 Å². The van der Waals surface area contributed by atoms with Crippen molar-refractivity contribution in [2.75, 3.05) is 30.9 Å². The third-order valence-corrected chi connectivity index (χ3v) is 4.10. The first kappa shape index (κ1) is 16.2. The van der Waals surface area contributed by atoms with E-state index < -0.39 is 10.0 Å². The van der Waals surface area contributed by atoms with Gasteiger partial charge in [0.25, 0.3) is 0 Å². The van der Waals surface area contributed by atoms with E-state index in [1.54, 1.807) is 11.8 Å². The third kappa shape index (κ3) is 10.7. The average Bonchev–Trinajstić information content (AvgIpc) is 2.16. The Kier molecular flexibility index (Phi) is 9.40. The van der Waals surface area contributed by atoms with Gasteiger partial charge in [0.2, 0.25) is 10.0 Å². The zero-order chi connectivity index (χ0) is 12.4. The first-order chi connectivity index (χ1) is 7.48. The minimum absolute atomic E-state index is 0.160. The lowest BCUT2D eigenvalue weighted by atomic mass is 10.3. The van der Waals surface area contributed by atoms with Crippen molar-refractivity contribution in [1.29, 1.82) is 0 Å². The van der Waals surface area contributed by atoms with E-state index in [9.17, 15) is 8.42 Å². The fourth-order valence-electron chi connectivity index (χ4n) is 1.15. The topological polar surface area (TPSA) is 58.2 Å². The summed E-state index contributed by atoms with van der Waals surface area (Å²) in [6.07, 6.45) is 4.04. The van der Waals surface area contributed by atoms with Crippen molar-refractivity contribution in [3.8, 4) is 0 Å². The van der Waals surface area contributed by atoms with Crippen molar-refractivity contribution < 1.29 is 8.42 Å². The highest BCUT2D eigenvalue weighted by atomic mass is 32.2. The average molecular weight is 268 g/mol. The molecule has 0 atom stereocenters. The van der Waals surface area contributed by atoms with E-state index in [0.717, 1.165) is 18.6 Å². The molecule has 0 saturated carbocycles. The third-order valence-electron chi connectivity index (χ3n) is 2.02. The predicted molar refractivity (Wildman–Crippen MR) is 72.5 cm³/mol. The Labute approximate surface area is 104 Å². The summed E-state index contributed by atoms with van der Waals surface area (Å²) in [5.41, 5.74) is 0. The van der Waals surface area contributed by atoms with Gasteiger partial charge in [0.1, 0.15) is 0 Å². The molecule has 0 amide bonds. The first-order valence-electron chi connectivity index (χ1n) is 5.67. The summed E-state index contributed by atoms with van der Waals surface area (Å²) in [5.74, 6) is 1.25. The van der Waals surface area contributed by atoms with Crippen LogP contribution in [0.25, 0.3) is 0 Å². The Morgan fingerprint density at radius 2 is 1.88 bits per heavy atom. The van der Waals surface area contributed by atoms with Gasteiger partial charge in [-0.25, -0.2) is 13.1 Å². The van der Waals surface area contributed by atoms with Crippen LogP contribution in [-0.4, -0.2) is 45.3 Å². The molecule has 0 rings (SSSR count). The van der Waals surface area contributed by atoms with Crippen LogP contribution in [0.2, 0.25) is 0 Å². The standard InChI is InChI=1S/C10H24N2O2S2/c1-10(2)11-7-9-16(13,14)12-6-4-5-8-15-3/h10-12H,4-9H2,1-3H3. The molecule has 0 bridgehead atoms. The maximum absolute atomic E-state index is 11.5. The van der Waals surface area contributed by atoms with E-state index in [2.05, 4.69) is 16.3 Å². The minimum Gasteiger partial charge on any atom is -0.313 e. The van der Waals surface area contributed by atoms with Crippen LogP contribution in [0.1, 0.15) is 26.7 Å². The first-order valence-corrected chi connectivity index (χ1v) is 8.72. The fraction of sp³-hybridized carbons (Fsp3) is 1.00. The van der Waals surface area contributed by atoms with E-state index in [1.807, 2.05) is 13.8 Å². The van der Waals surface area contributed by atoms with Crippen LogP contribution in [-0.2, 0) is 10.0 Å². The van der Waals surface area contributed by atoms with E-state index >= 15 is 0 Å². The van der Waals surface area contributed by atoms with Gasteiger partial charge in [-0.15, -0.1) is 0 Å². The molecular weight excluding hydrogens is 244 g/mol. The van der Waals surface area contributed by atoms with Crippen molar-refractivity contribution in [2.24, 2.45) is 0 Å². The molecule has 0 aliphatic heterocycles. The van der Waals surface area contributed by atoms with Gasteiger partial charge in [-0.2, -0.15) is 11.8 Å². The summed E-state index contributed by atoms with van der Waals surface area (Å²) in [6.45, 7) is 5.08. The molecule has 0 fully saturated rings. The molecule has 0 aromatic carbocycles. The van der Waals surface area contributed by atoms with Crippen LogP contribution < -0.4 is 10.0 Å². The Hall–Kier alpha value is 0.220. The van der Waals surface area contributed by atoms with Crippen molar-refractivity contribution in [3.05, 3.63) is 0 Å². The molecule has 0 saturated heterocycles. The van der Waals surface area contributed by atoms with E-state index in [1.165, 1.54) is 0 Å². The Balaban J connectivity index is 3.55. The molecule has 6 heteroatoms. The van der Waals surface area contributed by atoms with E-state index in [-0.39, 0.29) is 5.75 Å². The molecule has 0 aliphatic rings. The fourth-order valence-corrected chi connectivity index (χ4v) is 2.63. The number of sulfonamides is 1. The maximum atomic E-state index is 11.5. The van der Waals surface area contributed by atoms with E-state index in [4.69, 9.17) is 0 Å². The molecule has 0 heterocycles. The highest BCUT2D eigenvalue weighted by Crippen LogP contribution is 1.98. The molecule has 98 valence electrons. The zero-order valence-corrected chi connectivity index (χ0v) is 12.1. The van der Waals surface area contributed by atoms with Crippen molar-refractivity contribution in [2.45, 2.75) is 32.7 Å². The van der Waals surface area contributed by atoms with Gasteiger partial charge in [-0.05, 0) is 24.9 Å². The SMILES string of the molecule is CSCCCCNS(=O)(=O)CCNC(C)C. The number of nitrogens with one attached hydrogen (secondary N) is 2. The van der Waals surface area contributed by atoms with Gasteiger partial charge in [0.05, 0.1) is 5.75 Å². The summed E-state index contributed by atoms with van der Waals surface area (Å²) < 4.78 is 25.6. The molecule has 0 unspecified atom stereocenters. The highest BCUT2D eigenvalue weighted by Gasteiger charge is 2.08. The van der Waals surface area contributed by atoms with Gasteiger partial charge in [0, 0.05) is 19.1 Å². The maximum Gasteiger partial charge on any atom is 0.212 e. The number of unbranched alkanes of at least 4 members (excludes halogenated alkanes) is 1. The minimum atomic E-state index is -3.08. The molecule has 0 aliphatic carbocycles. The molecule has 4 nitrogen and oxygen atoms in total. The van der Waals surface area contributed by atoms with Crippen LogP contribution >= 0.6 is 11.8 Å². The Morgan fingerprint density at radius 1 is 1.19 bits per heavy atom. The Morgan fingerprint density at radius 3 is 2.44 bits per heavy atom. The molecular formula is C10H24N2O2S2. The molecule has 2 N–H and O–H groups in total. The van der Waals surface area contributed by atoms with Crippen LogP contribution in [0, 0.1) is 0 Å². The second-order valence-electron chi connectivity index (χ2n) is 4.02. The van der Waals surface area contributed by atoms with Crippen LogP contribution in [0.3, 0.4) is 0 Å². The zero-order valence-electron chi connectivity index (χ0n) is 10.5. The Bertz CT molecular complexity index is 254. The summed E-state index contributed by atoms with van der Waals surface area (Å²) in [5, 5.41) is 3.09. The molecule has 0 aromatic rings. The lowest BCUT2D eigenvalue weighted by Gasteiger charge is -2.09. The van der Waals surface area contributed by atoms with Crippen LogP contribution in [0.5, 0.6) is 0 Å². The lowest BCUT2D eigenvalue weighted by Crippen LogP contribution is -2.34. The highest BCUT2D eigenvalue weighted by molar-refractivity contribution is 7.98. The second-order valence-corrected chi connectivity index (χ2v) is 6.93. The summed E-state index contributed by atoms with van der Waals surface area (Å²) >= 11 is 1.79. The molecule has 0 radical (unpaired) electrons. The molecule has 16 heavy (non-hydrogen) atoms. The summed E-state index contributed by atoms with van der Waals surface area (Å²) in [6, 6.07) is 0.330. The van der Waals surface area contributed by atoms with Crippen molar-refractivity contribution >= 4 is 21.8 Å². The monoisotopic (exact) mass is 268 g/mol. The van der Waals surface area contributed by atoms with Crippen LogP contribution in [0.15, 0.2) is 0 Å². The lowest BCUT2D eigenvalue weighted by molar-refractivity contribution is 0.564. The largest absolute Gasteiger partial charge is 0.313 e. The van der Waals surface area contributed by atoms with Gasteiger partial charge < -0.3 is 5.32 Å². The smallest absolute Gasteiger partial charge is 0.212 e. The normalized spacial score (nSPS) is 12.2. The molecule has 0 aromatic heterocycles. The quantitative estimate of drug-likeness (QED) is 0.581. The van der Waals surface area contributed by atoms with Crippen molar-refractivity contribution in [3.63, 3.8) is 0 Å². The number of rotatable bonds is 10. The van der Waals surface area contributed by atoms with Gasteiger partial charge in [-0.1, -0.05) is 13.8 Å². The van der Waals surface area contributed by atoms with Crippen LogP contribution in [0.4, 0.5) is 0 Å².